The molecule has 2 rings (SSSR count). The van der Waals surface area contributed by atoms with Gasteiger partial charge in [0.05, 0.1) is 0 Å². The van der Waals surface area contributed by atoms with Crippen molar-refractivity contribution < 1.29 is 19.0 Å². The number of hydrogen-bond acceptors (Lipinski definition) is 4. The Morgan fingerprint density at radius 1 is 1.46 bits per heavy atom. The second kappa shape index (κ2) is 2.56. The van der Waals surface area contributed by atoms with Gasteiger partial charge in [0.15, 0.2) is 11.9 Å². The van der Waals surface area contributed by atoms with Crippen molar-refractivity contribution in [3.05, 3.63) is 12.7 Å². The highest BCUT2D eigenvalue weighted by molar-refractivity contribution is 5.79. The summed E-state index contributed by atoms with van der Waals surface area (Å²) in [5, 5.41) is 0. The fourth-order valence-corrected chi connectivity index (χ4v) is 1.66. The van der Waals surface area contributed by atoms with Crippen LogP contribution in [0.5, 0.6) is 0 Å². The van der Waals surface area contributed by atoms with Crippen molar-refractivity contribution in [1.29, 1.82) is 0 Å². The van der Waals surface area contributed by atoms with E-state index in [1.165, 1.54) is 0 Å². The van der Waals surface area contributed by atoms with Crippen LogP contribution in [0, 0.1) is 0 Å². The van der Waals surface area contributed by atoms with E-state index in [4.69, 9.17) is 14.2 Å². The van der Waals surface area contributed by atoms with Crippen LogP contribution < -0.4 is 0 Å². The summed E-state index contributed by atoms with van der Waals surface area (Å²) >= 11 is 0. The first-order valence-electron chi connectivity index (χ1n) is 4.22. The number of esters is 1. The number of fused-ring (bicyclic) bond motifs is 1. The van der Waals surface area contributed by atoms with E-state index in [9.17, 15) is 4.79 Å². The molecule has 0 aromatic heterocycles. The zero-order chi connectivity index (χ0) is 9.64. The van der Waals surface area contributed by atoms with Crippen LogP contribution in [0.1, 0.15) is 13.8 Å². The summed E-state index contributed by atoms with van der Waals surface area (Å²) in [6.45, 7) is 7.13. The van der Waals surface area contributed by atoms with Crippen LogP contribution in [0.2, 0.25) is 0 Å². The van der Waals surface area contributed by atoms with E-state index in [0.29, 0.717) is 0 Å². The second-order valence-electron chi connectivity index (χ2n) is 3.66. The Balaban J connectivity index is 2.22. The molecule has 2 heterocycles. The van der Waals surface area contributed by atoms with E-state index in [1.54, 1.807) is 19.9 Å². The quantitative estimate of drug-likeness (QED) is 0.442. The van der Waals surface area contributed by atoms with Gasteiger partial charge < -0.3 is 14.2 Å². The van der Waals surface area contributed by atoms with Gasteiger partial charge in [-0.25, -0.2) is 4.79 Å². The lowest BCUT2D eigenvalue weighted by molar-refractivity contribution is -0.183. The van der Waals surface area contributed by atoms with E-state index in [2.05, 4.69) is 6.58 Å². The molecule has 2 fully saturated rings. The summed E-state index contributed by atoms with van der Waals surface area (Å²) in [5.41, 5.74) is 0. The highest BCUT2D eigenvalue weighted by Gasteiger charge is 2.54. The lowest BCUT2D eigenvalue weighted by atomic mass is 10.1. The maximum absolute atomic E-state index is 11.2. The molecule has 2 saturated heterocycles. The molecule has 2 aliphatic rings. The van der Waals surface area contributed by atoms with Gasteiger partial charge in [-0.3, -0.25) is 0 Å². The number of rotatable bonds is 1. The molecule has 0 bridgehead atoms. The highest BCUT2D eigenvalue weighted by atomic mass is 16.8. The molecule has 4 nitrogen and oxygen atoms in total. The van der Waals surface area contributed by atoms with Crippen molar-refractivity contribution in [3.8, 4) is 0 Å². The summed E-state index contributed by atoms with van der Waals surface area (Å²) in [7, 11) is 0. The molecule has 72 valence electrons. The molecule has 0 saturated carbocycles. The van der Waals surface area contributed by atoms with Crippen molar-refractivity contribution in [2.75, 3.05) is 0 Å². The molecule has 0 amide bonds. The second-order valence-corrected chi connectivity index (χ2v) is 3.66. The molecule has 0 aliphatic carbocycles. The molecule has 4 heteroatoms. The van der Waals surface area contributed by atoms with Crippen LogP contribution in [0.15, 0.2) is 12.7 Å². The van der Waals surface area contributed by atoms with Gasteiger partial charge in [-0.2, -0.15) is 0 Å². The maximum atomic E-state index is 11.2. The van der Waals surface area contributed by atoms with Crippen LogP contribution in [0.3, 0.4) is 0 Å². The van der Waals surface area contributed by atoms with Crippen LogP contribution >= 0.6 is 0 Å². The van der Waals surface area contributed by atoms with Crippen molar-refractivity contribution in [1.82, 2.24) is 0 Å². The van der Waals surface area contributed by atoms with Gasteiger partial charge in [-0.15, -0.1) is 0 Å². The van der Waals surface area contributed by atoms with Gasteiger partial charge in [-0.1, -0.05) is 6.58 Å². The van der Waals surface area contributed by atoms with Gasteiger partial charge in [0.25, 0.3) is 0 Å². The van der Waals surface area contributed by atoms with Crippen molar-refractivity contribution >= 4 is 5.97 Å². The van der Waals surface area contributed by atoms with Crippen LogP contribution in [-0.4, -0.2) is 30.1 Å². The van der Waals surface area contributed by atoms with Crippen molar-refractivity contribution in [2.24, 2.45) is 0 Å². The van der Waals surface area contributed by atoms with Crippen LogP contribution in [0.4, 0.5) is 0 Å². The Kier molecular flexibility index (Phi) is 1.72. The topological polar surface area (TPSA) is 44.8 Å². The number of hydrogen-bond donors (Lipinski definition) is 0. The molecule has 13 heavy (non-hydrogen) atoms. The van der Waals surface area contributed by atoms with E-state index in [0.717, 1.165) is 0 Å². The normalized spacial score (nSPS) is 41.4. The summed E-state index contributed by atoms with van der Waals surface area (Å²) in [4.78, 5) is 11.2. The molecule has 0 radical (unpaired) electrons. The summed E-state index contributed by atoms with van der Waals surface area (Å²) in [6.07, 6.45) is 0.269. The van der Waals surface area contributed by atoms with Gasteiger partial charge in [0.1, 0.15) is 12.2 Å². The fraction of sp³-hybridized carbons (Fsp3) is 0.667. The van der Waals surface area contributed by atoms with Crippen molar-refractivity contribution in [2.45, 2.75) is 37.9 Å². The van der Waals surface area contributed by atoms with E-state index in [1.807, 2.05) is 0 Å². The zero-order valence-corrected chi connectivity index (χ0v) is 7.65. The lowest BCUT2D eigenvalue weighted by Gasteiger charge is -2.19. The number of carbonyl (C=O) groups excluding carboxylic acids is 1. The first-order chi connectivity index (χ1) is 6.03. The predicted molar refractivity (Wildman–Crippen MR) is 43.9 cm³/mol. The average molecular weight is 184 g/mol. The Morgan fingerprint density at radius 3 is 2.77 bits per heavy atom. The smallest absolute Gasteiger partial charge is 0.339 e. The Labute approximate surface area is 76.5 Å². The Morgan fingerprint density at radius 2 is 2.15 bits per heavy atom. The average Bonchev–Trinajstić information content (AvgIpc) is 2.47. The molecule has 0 aromatic carbocycles. The first-order valence-corrected chi connectivity index (χ1v) is 4.22. The van der Waals surface area contributed by atoms with E-state index < -0.39 is 11.9 Å². The standard InChI is InChI=1S/C9H12O4/c1-4-5-6-7(8(10)11-5)13-9(2,3)12-6/h4-7H,1H2,2-3H3. The monoisotopic (exact) mass is 184 g/mol. The minimum atomic E-state index is -0.698. The maximum Gasteiger partial charge on any atom is 0.339 e. The first kappa shape index (κ1) is 8.72. The molecule has 3 unspecified atom stereocenters. The zero-order valence-electron chi connectivity index (χ0n) is 7.65. The van der Waals surface area contributed by atoms with Gasteiger partial charge in [-0.05, 0) is 19.9 Å². The molecule has 0 aromatic rings. The minimum absolute atomic E-state index is 0.333. The molecule has 0 N–H and O–H groups in total. The molecule has 0 spiro atoms. The van der Waals surface area contributed by atoms with Crippen LogP contribution in [0.25, 0.3) is 0 Å². The number of cyclic esters (lactones) is 1. The molecular weight excluding hydrogens is 172 g/mol. The van der Waals surface area contributed by atoms with Crippen molar-refractivity contribution in [3.63, 3.8) is 0 Å². The molecule has 3 atom stereocenters. The SMILES string of the molecule is C=CC1OC(=O)C2OC(C)(C)OC12. The largest absolute Gasteiger partial charge is 0.453 e. The molecule has 2 aliphatic heterocycles. The van der Waals surface area contributed by atoms with Crippen LogP contribution in [-0.2, 0) is 19.0 Å². The summed E-state index contributed by atoms with van der Waals surface area (Å²) < 4.78 is 15.8. The third-order valence-electron chi connectivity index (χ3n) is 2.17. The summed E-state index contributed by atoms with van der Waals surface area (Å²) in [6, 6.07) is 0. The van der Waals surface area contributed by atoms with E-state index in [-0.39, 0.29) is 18.2 Å². The fourth-order valence-electron chi connectivity index (χ4n) is 1.66. The highest BCUT2D eigenvalue weighted by Crippen LogP contribution is 2.36. The number of carbonyl (C=O) groups is 1. The molecular formula is C9H12O4. The number of ether oxygens (including phenoxy) is 3. The lowest BCUT2D eigenvalue weighted by Crippen LogP contribution is -2.27. The Bertz CT molecular complexity index is 258. The predicted octanol–water partition coefficient (Wildman–Crippen LogP) is 0.618. The van der Waals surface area contributed by atoms with Gasteiger partial charge in [0.2, 0.25) is 0 Å². The van der Waals surface area contributed by atoms with E-state index >= 15 is 0 Å². The minimum Gasteiger partial charge on any atom is -0.453 e. The summed E-state index contributed by atoms with van der Waals surface area (Å²) in [5.74, 6) is -1.06. The Hall–Kier alpha value is -0.870. The van der Waals surface area contributed by atoms with Gasteiger partial charge in [0, 0.05) is 0 Å². The van der Waals surface area contributed by atoms with Gasteiger partial charge >= 0.3 is 5.97 Å². The third-order valence-corrected chi connectivity index (χ3v) is 2.17. The third kappa shape index (κ3) is 1.26.